The first kappa shape index (κ1) is 13.9. The molecule has 0 saturated heterocycles. The summed E-state index contributed by atoms with van der Waals surface area (Å²) in [6, 6.07) is 6.31. The Hall–Kier alpha value is -1.49. The Morgan fingerprint density at radius 2 is 2.16 bits per heavy atom. The van der Waals surface area contributed by atoms with Gasteiger partial charge in [0.25, 0.3) is 0 Å². The Morgan fingerprint density at radius 3 is 2.79 bits per heavy atom. The molecular formula is C14H14BrFN2O. The van der Waals surface area contributed by atoms with Gasteiger partial charge in [-0.1, -0.05) is 6.07 Å². The van der Waals surface area contributed by atoms with Crippen molar-refractivity contribution in [3.63, 3.8) is 0 Å². The van der Waals surface area contributed by atoms with Gasteiger partial charge in [-0.2, -0.15) is 5.10 Å². The van der Waals surface area contributed by atoms with Crippen molar-refractivity contribution in [1.29, 1.82) is 0 Å². The van der Waals surface area contributed by atoms with E-state index in [9.17, 15) is 9.18 Å². The number of hydrogen-bond donors (Lipinski definition) is 0. The number of Topliss-reactive ketones (excluding diaryl/α,β-unsaturated/α-hetero) is 1. The molecule has 0 spiro atoms. The Balaban J connectivity index is 2.22. The zero-order valence-electron chi connectivity index (χ0n) is 10.8. The van der Waals surface area contributed by atoms with Gasteiger partial charge in [0.05, 0.1) is 16.6 Å². The van der Waals surface area contributed by atoms with Crippen molar-refractivity contribution < 1.29 is 9.18 Å². The largest absolute Gasteiger partial charge is 0.294 e. The van der Waals surface area contributed by atoms with Crippen LogP contribution in [-0.4, -0.2) is 15.6 Å². The molecule has 100 valence electrons. The monoisotopic (exact) mass is 324 g/mol. The van der Waals surface area contributed by atoms with Crippen LogP contribution in [0.4, 0.5) is 4.39 Å². The molecule has 0 fully saturated rings. The highest BCUT2D eigenvalue weighted by molar-refractivity contribution is 9.10. The van der Waals surface area contributed by atoms with E-state index in [0.717, 1.165) is 11.4 Å². The average Bonchev–Trinajstić information content (AvgIpc) is 2.72. The topological polar surface area (TPSA) is 34.9 Å². The molecule has 0 radical (unpaired) electrons. The number of rotatable bonds is 4. The smallest absolute Gasteiger partial charge is 0.168 e. The molecule has 0 bridgehead atoms. The van der Waals surface area contributed by atoms with E-state index in [2.05, 4.69) is 21.0 Å². The molecule has 0 N–H and O–H groups in total. The van der Waals surface area contributed by atoms with E-state index in [0.29, 0.717) is 16.6 Å². The normalized spacial score (nSPS) is 10.7. The second-order valence-corrected chi connectivity index (χ2v) is 5.18. The predicted molar refractivity (Wildman–Crippen MR) is 74.8 cm³/mol. The van der Waals surface area contributed by atoms with Crippen molar-refractivity contribution >= 4 is 21.7 Å². The fourth-order valence-corrected chi connectivity index (χ4v) is 2.20. The van der Waals surface area contributed by atoms with Crippen LogP contribution in [0.3, 0.4) is 0 Å². The molecule has 0 atom stereocenters. The van der Waals surface area contributed by atoms with E-state index in [1.54, 1.807) is 16.8 Å². The second kappa shape index (κ2) is 5.65. The third kappa shape index (κ3) is 3.10. The Labute approximate surface area is 119 Å². The van der Waals surface area contributed by atoms with Crippen LogP contribution in [0.1, 0.15) is 28.7 Å². The lowest BCUT2D eigenvalue weighted by Gasteiger charge is -2.05. The highest BCUT2D eigenvalue weighted by Gasteiger charge is 2.13. The molecule has 1 aromatic heterocycles. The van der Waals surface area contributed by atoms with Gasteiger partial charge in [0.2, 0.25) is 0 Å². The van der Waals surface area contributed by atoms with E-state index in [-0.39, 0.29) is 12.2 Å². The van der Waals surface area contributed by atoms with Crippen molar-refractivity contribution in [3.8, 4) is 0 Å². The minimum Gasteiger partial charge on any atom is -0.294 e. The highest BCUT2D eigenvalue weighted by Crippen LogP contribution is 2.18. The lowest BCUT2D eigenvalue weighted by atomic mass is 10.1. The Morgan fingerprint density at radius 1 is 1.42 bits per heavy atom. The van der Waals surface area contributed by atoms with E-state index >= 15 is 0 Å². The van der Waals surface area contributed by atoms with Gasteiger partial charge in [-0.15, -0.1) is 0 Å². The number of carbonyl (C=O) groups excluding carboxylic acids is 1. The lowest BCUT2D eigenvalue weighted by Crippen LogP contribution is -2.10. The predicted octanol–water partition coefficient (Wildman–Crippen LogP) is 3.54. The van der Waals surface area contributed by atoms with Crippen LogP contribution in [0, 0.1) is 12.7 Å². The fraction of sp³-hybridized carbons (Fsp3) is 0.286. The van der Waals surface area contributed by atoms with Crippen LogP contribution in [-0.2, 0) is 13.0 Å². The van der Waals surface area contributed by atoms with Crippen molar-refractivity contribution in [3.05, 3.63) is 51.5 Å². The Bertz CT molecular complexity index is 622. The summed E-state index contributed by atoms with van der Waals surface area (Å²) in [5.74, 6) is -0.535. The SMILES string of the molecule is CCn1nc(C)cc1CC(=O)c1ccc(Br)c(F)c1. The molecule has 2 rings (SSSR count). The summed E-state index contributed by atoms with van der Waals surface area (Å²) in [5, 5.41) is 4.29. The molecule has 0 aliphatic carbocycles. The summed E-state index contributed by atoms with van der Waals surface area (Å²) >= 11 is 3.07. The molecule has 0 aliphatic heterocycles. The van der Waals surface area contributed by atoms with Gasteiger partial charge in [0.15, 0.2) is 5.78 Å². The van der Waals surface area contributed by atoms with Gasteiger partial charge in [0, 0.05) is 17.8 Å². The van der Waals surface area contributed by atoms with Crippen LogP contribution >= 0.6 is 15.9 Å². The van der Waals surface area contributed by atoms with Gasteiger partial charge >= 0.3 is 0 Å². The first-order chi connectivity index (χ1) is 9.01. The van der Waals surface area contributed by atoms with Gasteiger partial charge in [0.1, 0.15) is 5.82 Å². The lowest BCUT2D eigenvalue weighted by molar-refractivity contribution is 0.0990. The summed E-state index contributed by atoms with van der Waals surface area (Å²) in [6.07, 6.45) is 0.232. The highest BCUT2D eigenvalue weighted by atomic mass is 79.9. The first-order valence-corrected chi connectivity index (χ1v) is 6.82. The summed E-state index contributed by atoms with van der Waals surface area (Å²) < 4.78 is 15.6. The van der Waals surface area contributed by atoms with Crippen LogP contribution in [0.5, 0.6) is 0 Å². The minimum absolute atomic E-state index is 0.110. The summed E-state index contributed by atoms with van der Waals surface area (Å²) in [4.78, 5) is 12.1. The first-order valence-electron chi connectivity index (χ1n) is 6.03. The van der Waals surface area contributed by atoms with Crippen LogP contribution in [0.25, 0.3) is 0 Å². The maximum absolute atomic E-state index is 13.4. The number of hydrogen-bond acceptors (Lipinski definition) is 2. The molecule has 19 heavy (non-hydrogen) atoms. The Kier molecular flexibility index (Phi) is 4.14. The molecule has 0 amide bonds. The number of carbonyl (C=O) groups is 1. The zero-order valence-corrected chi connectivity index (χ0v) is 12.4. The fourth-order valence-electron chi connectivity index (χ4n) is 1.95. The number of halogens is 2. The molecule has 3 nitrogen and oxygen atoms in total. The summed E-state index contributed by atoms with van der Waals surface area (Å²) in [7, 11) is 0. The number of nitrogens with zero attached hydrogens (tertiary/aromatic N) is 2. The zero-order chi connectivity index (χ0) is 14.0. The third-order valence-corrected chi connectivity index (χ3v) is 3.51. The molecular weight excluding hydrogens is 311 g/mol. The van der Waals surface area contributed by atoms with E-state index in [1.165, 1.54) is 6.07 Å². The molecule has 1 aromatic carbocycles. The second-order valence-electron chi connectivity index (χ2n) is 4.32. The summed E-state index contributed by atoms with van der Waals surface area (Å²) in [5.41, 5.74) is 2.11. The minimum atomic E-state index is -0.425. The number of benzene rings is 1. The van der Waals surface area contributed by atoms with Gasteiger partial charge in [-0.05, 0) is 48.0 Å². The maximum atomic E-state index is 13.4. The van der Waals surface area contributed by atoms with Crippen molar-refractivity contribution in [2.75, 3.05) is 0 Å². The molecule has 0 aliphatic rings. The van der Waals surface area contributed by atoms with Crippen LogP contribution in [0.15, 0.2) is 28.7 Å². The summed E-state index contributed by atoms with van der Waals surface area (Å²) in [6.45, 7) is 4.57. The number of aryl methyl sites for hydroxylation is 2. The van der Waals surface area contributed by atoms with Crippen LogP contribution < -0.4 is 0 Å². The van der Waals surface area contributed by atoms with Gasteiger partial charge < -0.3 is 0 Å². The molecule has 5 heteroatoms. The van der Waals surface area contributed by atoms with E-state index < -0.39 is 5.82 Å². The molecule has 0 unspecified atom stereocenters. The maximum Gasteiger partial charge on any atom is 0.168 e. The van der Waals surface area contributed by atoms with Crippen molar-refractivity contribution in [2.45, 2.75) is 26.8 Å². The molecule has 1 heterocycles. The number of ketones is 1. The standard InChI is InChI=1S/C14H14BrFN2O/c1-3-18-11(6-9(2)17-18)8-14(19)10-4-5-12(15)13(16)7-10/h4-7H,3,8H2,1-2H3. The van der Waals surface area contributed by atoms with Gasteiger partial charge in [-0.3, -0.25) is 9.48 Å². The molecule has 2 aromatic rings. The van der Waals surface area contributed by atoms with Crippen molar-refractivity contribution in [1.82, 2.24) is 9.78 Å². The van der Waals surface area contributed by atoms with Gasteiger partial charge in [-0.25, -0.2) is 4.39 Å². The van der Waals surface area contributed by atoms with E-state index in [4.69, 9.17) is 0 Å². The average molecular weight is 325 g/mol. The molecule has 0 saturated carbocycles. The van der Waals surface area contributed by atoms with Crippen molar-refractivity contribution in [2.24, 2.45) is 0 Å². The van der Waals surface area contributed by atoms with E-state index in [1.807, 2.05) is 19.9 Å². The quantitative estimate of drug-likeness (QED) is 0.806. The van der Waals surface area contributed by atoms with Crippen LogP contribution in [0.2, 0.25) is 0 Å². The third-order valence-electron chi connectivity index (χ3n) is 2.87. The number of aromatic nitrogens is 2.